The summed E-state index contributed by atoms with van der Waals surface area (Å²) in [6.07, 6.45) is -7.88. The number of hydrogen-bond acceptors (Lipinski definition) is 20. The van der Waals surface area contributed by atoms with Gasteiger partial charge in [-0.15, -0.1) is 0 Å². The summed E-state index contributed by atoms with van der Waals surface area (Å²) in [4.78, 5) is 35.0. The largest absolute Gasteiger partial charge is 0.475 e. The first-order valence-corrected chi connectivity index (χ1v) is 16.7. The average Bonchev–Trinajstić information content (AvgIpc) is 3.81. The fourth-order valence-corrected chi connectivity index (χ4v) is 7.72. The number of phosphoric ester groups is 2. The number of nitrogens with one attached hydrogen (secondary N) is 1. The molecule has 3 saturated heterocycles. The van der Waals surface area contributed by atoms with Crippen molar-refractivity contribution >= 4 is 49.7 Å². The van der Waals surface area contributed by atoms with Crippen molar-refractivity contribution in [1.29, 1.82) is 0 Å². The second-order valence-corrected chi connectivity index (χ2v) is 13.9. The van der Waals surface area contributed by atoms with Crippen LogP contribution >= 0.6 is 15.6 Å². The Balaban J connectivity index is 1.24. The molecule has 0 radical (unpaired) electrons. The molecule has 3 fully saturated rings. The number of rotatable bonds is 4. The summed E-state index contributed by atoms with van der Waals surface area (Å²) in [7, 11) is -7.07. The van der Waals surface area contributed by atoms with E-state index in [1.54, 1.807) is 0 Å². The molecule has 7 rings (SSSR count). The van der Waals surface area contributed by atoms with E-state index in [1.807, 2.05) is 0 Å². The third-order valence-electron chi connectivity index (χ3n) is 7.75. The summed E-state index contributed by atoms with van der Waals surface area (Å²) in [5.74, 6) is -0.163. The molecule has 23 nitrogen and oxygen atoms in total. The summed E-state index contributed by atoms with van der Waals surface area (Å²) < 4.78 is 74.9. The zero-order valence-corrected chi connectivity index (χ0v) is 26.1. The van der Waals surface area contributed by atoms with Gasteiger partial charge in [-0.3, -0.25) is 46.1 Å². The van der Waals surface area contributed by atoms with Crippen molar-refractivity contribution in [3.05, 3.63) is 29.3 Å². The van der Waals surface area contributed by atoms with E-state index in [0.29, 0.717) is 0 Å². The molecule has 254 valence electrons. The van der Waals surface area contributed by atoms with Gasteiger partial charge in [0, 0.05) is 14.2 Å². The predicted octanol–water partition coefficient (Wildman–Crippen LogP) is -1.03. The van der Waals surface area contributed by atoms with Gasteiger partial charge >= 0.3 is 15.6 Å². The molecule has 7 N–H and O–H groups in total. The monoisotopic (exact) mass is 702 g/mol. The lowest BCUT2D eigenvalue weighted by atomic mass is 10.1. The maximum absolute atomic E-state index is 13.9. The maximum Gasteiger partial charge on any atom is 0.475 e. The summed E-state index contributed by atoms with van der Waals surface area (Å²) in [5.41, 5.74) is 11.2. The molecule has 0 aliphatic carbocycles. The minimum absolute atomic E-state index is 0.0555. The lowest BCUT2D eigenvalue weighted by Gasteiger charge is -2.27. The lowest BCUT2D eigenvalue weighted by molar-refractivity contribution is -0.0690. The lowest BCUT2D eigenvalue weighted by Crippen LogP contribution is -2.36. The zero-order valence-electron chi connectivity index (χ0n) is 24.3. The quantitative estimate of drug-likeness (QED) is 0.159. The number of H-pyrrole nitrogens is 1. The second-order valence-electron chi connectivity index (χ2n) is 10.5. The van der Waals surface area contributed by atoms with Crippen LogP contribution in [0.3, 0.4) is 0 Å². The van der Waals surface area contributed by atoms with Gasteiger partial charge in [0.05, 0.1) is 25.9 Å². The predicted molar refractivity (Wildman–Crippen MR) is 153 cm³/mol. The molecule has 3 unspecified atom stereocenters. The van der Waals surface area contributed by atoms with E-state index in [-0.39, 0.29) is 34.1 Å². The van der Waals surface area contributed by atoms with Gasteiger partial charge in [-0.2, -0.15) is 4.98 Å². The van der Waals surface area contributed by atoms with Gasteiger partial charge < -0.3 is 31.2 Å². The van der Waals surface area contributed by atoms with Gasteiger partial charge in [0.1, 0.15) is 48.5 Å². The highest BCUT2D eigenvalue weighted by Crippen LogP contribution is 2.57. The van der Waals surface area contributed by atoms with E-state index in [4.69, 9.17) is 48.1 Å². The minimum atomic E-state index is -4.60. The number of ether oxygens (including phenoxy) is 2. The normalized spacial score (nSPS) is 36.6. The zero-order chi connectivity index (χ0) is 33.2. The molecule has 4 aromatic heterocycles. The van der Waals surface area contributed by atoms with Gasteiger partial charge in [0.25, 0.3) is 5.56 Å². The SMILES string of the molecule is COP1(=O)OC[C@H]2O[C@@H](n3cnc4c(N)ncnc43)[C@@H](O)[C@H]2OP(=O)(OC)OC[C@H]2O[C@@H](n3cnc4c(=O)[nH]c(N)nc43)C(O1)[C@H]2O. The summed E-state index contributed by atoms with van der Waals surface area (Å²) in [6, 6.07) is 0. The van der Waals surface area contributed by atoms with E-state index >= 15 is 0 Å². The Hall–Kier alpha value is -3.44. The van der Waals surface area contributed by atoms with Crippen LogP contribution in [0.15, 0.2) is 23.8 Å². The van der Waals surface area contributed by atoms with Crippen LogP contribution in [0.5, 0.6) is 0 Å². The molecule has 2 bridgehead atoms. The van der Waals surface area contributed by atoms with Crippen LogP contribution in [0.2, 0.25) is 0 Å². The van der Waals surface area contributed by atoms with E-state index in [2.05, 4.69) is 29.9 Å². The summed E-state index contributed by atoms with van der Waals surface area (Å²) in [5, 5.41) is 22.6. The van der Waals surface area contributed by atoms with Gasteiger partial charge in [-0.25, -0.2) is 29.1 Å². The molecule has 25 heteroatoms. The minimum Gasteiger partial charge on any atom is -0.387 e. The standard InChI is InChI=1S/C22H28N10O13P2/c1-38-46(36)40-3-8-12(33)15(21(42-8)32-7-28-11-18(32)29-22(24)30-19(11)35)45-47(37,39-2)41-4-9-14(44-46)13(34)20(43-9)31-6-27-10-16(23)25-5-26-17(10)31/h5-9,12-15,20-21,33-34H,3-4H2,1-2H3,(H2,23,25,26)(H3,24,29,30,35)/t8-,9-,12+,13+,14+,15?,20-,21-,46?,47?/m1/s1. The van der Waals surface area contributed by atoms with E-state index < -0.39 is 83.5 Å². The molecule has 0 aromatic carbocycles. The summed E-state index contributed by atoms with van der Waals surface area (Å²) in [6.45, 7) is -1.28. The van der Waals surface area contributed by atoms with Gasteiger partial charge in [0.15, 0.2) is 35.1 Å². The Morgan fingerprint density at radius 3 is 2.17 bits per heavy atom. The third-order valence-corrected chi connectivity index (χ3v) is 10.6. The number of imidazole rings is 2. The van der Waals surface area contributed by atoms with Gasteiger partial charge in [-0.05, 0) is 0 Å². The summed E-state index contributed by atoms with van der Waals surface area (Å²) >= 11 is 0. The highest BCUT2D eigenvalue weighted by atomic mass is 31.2. The van der Waals surface area contributed by atoms with Gasteiger partial charge in [0.2, 0.25) is 5.95 Å². The fraction of sp³-hybridized carbons (Fsp3) is 0.545. The molecule has 10 atom stereocenters. The Kier molecular flexibility index (Phi) is 8.14. The van der Waals surface area contributed by atoms with Crippen molar-refractivity contribution < 1.29 is 56.0 Å². The second kappa shape index (κ2) is 11.9. The first kappa shape index (κ1) is 32.1. The van der Waals surface area contributed by atoms with Crippen molar-refractivity contribution in [2.75, 3.05) is 38.9 Å². The first-order valence-electron chi connectivity index (χ1n) is 13.7. The Morgan fingerprint density at radius 2 is 1.47 bits per heavy atom. The molecule has 7 heterocycles. The Morgan fingerprint density at radius 1 is 0.851 bits per heavy atom. The van der Waals surface area contributed by atoms with Crippen molar-refractivity contribution in [3.63, 3.8) is 0 Å². The molecular formula is C22H28N10O13P2. The van der Waals surface area contributed by atoms with E-state index in [0.717, 1.165) is 14.2 Å². The van der Waals surface area contributed by atoms with Crippen LogP contribution in [-0.4, -0.2) is 113 Å². The molecule has 47 heavy (non-hydrogen) atoms. The number of hydrogen-bond donors (Lipinski definition) is 5. The molecule has 0 saturated carbocycles. The molecule has 0 spiro atoms. The van der Waals surface area contributed by atoms with Gasteiger partial charge in [-0.1, -0.05) is 0 Å². The van der Waals surface area contributed by atoms with Crippen LogP contribution in [0.1, 0.15) is 12.5 Å². The number of nitrogen functional groups attached to an aromatic ring is 2. The van der Waals surface area contributed by atoms with Crippen LogP contribution in [0.4, 0.5) is 11.8 Å². The van der Waals surface area contributed by atoms with Crippen molar-refractivity contribution in [2.45, 2.75) is 49.1 Å². The van der Waals surface area contributed by atoms with Crippen molar-refractivity contribution in [1.82, 2.24) is 39.0 Å². The topological polar surface area (TPSA) is 308 Å². The number of aromatic amines is 1. The number of anilines is 2. The maximum atomic E-state index is 13.9. The number of fused-ring (bicyclic) bond motifs is 5. The molecular weight excluding hydrogens is 674 g/mol. The number of aliphatic hydroxyl groups is 2. The number of nitrogens with zero attached hydrogens (tertiary/aromatic N) is 7. The number of nitrogens with two attached hydrogens (primary N) is 2. The Bertz CT molecular complexity index is 1970. The fourth-order valence-electron chi connectivity index (χ4n) is 5.47. The number of aromatic nitrogens is 8. The van der Waals surface area contributed by atoms with Crippen LogP contribution in [0.25, 0.3) is 22.3 Å². The molecule has 0 amide bonds. The number of aliphatic hydroxyl groups excluding tert-OH is 2. The van der Waals surface area contributed by atoms with E-state index in [9.17, 15) is 24.1 Å². The smallest absolute Gasteiger partial charge is 0.387 e. The van der Waals surface area contributed by atoms with E-state index in [1.165, 1.54) is 28.1 Å². The molecule has 3 aliphatic rings. The average molecular weight is 702 g/mol. The van der Waals surface area contributed by atoms with Crippen molar-refractivity contribution in [3.8, 4) is 0 Å². The van der Waals surface area contributed by atoms with Crippen LogP contribution in [0, 0.1) is 0 Å². The first-order chi connectivity index (χ1) is 22.4. The highest BCUT2D eigenvalue weighted by Gasteiger charge is 2.54. The Labute approximate surface area is 262 Å². The molecule has 3 aliphatic heterocycles. The third kappa shape index (κ3) is 5.53. The number of phosphoric acid groups is 2. The highest BCUT2D eigenvalue weighted by molar-refractivity contribution is 7.48. The molecule has 4 aromatic rings. The van der Waals surface area contributed by atoms with Crippen molar-refractivity contribution in [2.24, 2.45) is 0 Å². The van der Waals surface area contributed by atoms with Crippen LogP contribution in [-0.2, 0) is 45.7 Å². The van der Waals surface area contributed by atoms with Crippen LogP contribution < -0.4 is 17.0 Å².